The molecule has 2 aliphatic rings. The second-order valence-corrected chi connectivity index (χ2v) is 9.89. The maximum Gasteiger partial charge on any atom is 0.407 e. The Morgan fingerprint density at radius 2 is 1.86 bits per heavy atom. The standard InChI is InChI=1S/C19H36N8O2.C9H9NO2.CH4/c1-3-4-5-6-7-8-10-15(18(29)24-19(25-21)26-22)23-14(2)16-11-9-12-27(16)17(28)13-20;11-9(12)10-5-7-3-1-2-4-8(7)6-10;/h7-8,15-16,23H,2-6,9-13,20-22H2,1H3,(H2,24,25,26,29);1-4H,5-6H2,(H,11,12);1H4/b8-7-;;. The molecule has 42 heavy (non-hydrogen) atoms. The van der Waals surface area contributed by atoms with Crippen LogP contribution in [0.1, 0.15) is 70.4 Å². The highest BCUT2D eigenvalue weighted by Gasteiger charge is 2.31. The number of hydrogen-bond acceptors (Lipinski definition) is 8. The zero-order valence-electron chi connectivity index (χ0n) is 23.8. The van der Waals surface area contributed by atoms with Crippen LogP contribution in [0.3, 0.4) is 0 Å². The molecular weight excluding hydrogens is 538 g/mol. The van der Waals surface area contributed by atoms with Gasteiger partial charge in [0.15, 0.2) is 0 Å². The molecule has 2 unspecified atom stereocenters. The van der Waals surface area contributed by atoms with Gasteiger partial charge in [-0.15, -0.1) is 5.10 Å². The van der Waals surface area contributed by atoms with Gasteiger partial charge in [-0.2, -0.15) is 0 Å². The van der Waals surface area contributed by atoms with E-state index in [0.29, 0.717) is 31.8 Å². The molecule has 0 bridgehead atoms. The Morgan fingerprint density at radius 3 is 2.40 bits per heavy atom. The van der Waals surface area contributed by atoms with Crippen molar-refractivity contribution in [3.8, 4) is 0 Å². The number of allylic oxidation sites excluding steroid dienone is 1. The van der Waals surface area contributed by atoms with Gasteiger partial charge in [0.25, 0.3) is 0 Å². The Balaban J connectivity index is 0.000000559. The number of hydrogen-bond donors (Lipinski definition) is 7. The van der Waals surface area contributed by atoms with E-state index in [-0.39, 0.29) is 37.8 Å². The number of likely N-dealkylation sites (tertiary alicyclic amines) is 1. The van der Waals surface area contributed by atoms with E-state index in [1.165, 1.54) is 11.3 Å². The lowest BCUT2D eigenvalue weighted by Gasteiger charge is -2.29. The van der Waals surface area contributed by atoms with Gasteiger partial charge in [0.05, 0.1) is 12.6 Å². The first kappa shape index (κ1) is 35.9. The fourth-order valence-corrected chi connectivity index (χ4v) is 4.74. The summed E-state index contributed by atoms with van der Waals surface area (Å²) in [5.41, 5.74) is 10.6. The highest BCUT2D eigenvalue weighted by Crippen LogP contribution is 2.23. The fraction of sp³-hybridized carbons (Fsp3) is 0.517. The third-order valence-electron chi connectivity index (χ3n) is 6.96. The van der Waals surface area contributed by atoms with Gasteiger partial charge in [-0.05, 0) is 43.2 Å². The topological polar surface area (TPSA) is 204 Å². The van der Waals surface area contributed by atoms with Crippen LogP contribution in [0, 0.1) is 0 Å². The largest absolute Gasteiger partial charge is 0.465 e. The van der Waals surface area contributed by atoms with E-state index in [0.717, 1.165) is 43.2 Å². The first-order chi connectivity index (χ1) is 19.7. The number of fused-ring (bicyclic) bond motifs is 1. The summed E-state index contributed by atoms with van der Waals surface area (Å²) in [6.45, 7) is 7.88. The van der Waals surface area contributed by atoms with Crippen LogP contribution in [-0.4, -0.2) is 63.9 Å². The highest BCUT2D eigenvalue weighted by atomic mass is 16.4. The number of guanidine groups is 1. The summed E-state index contributed by atoms with van der Waals surface area (Å²) in [4.78, 5) is 38.4. The Kier molecular flexibility index (Phi) is 16.3. The minimum atomic E-state index is -0.841. The molecule has 2 heterocycles. The smallest absolute Gasteiger partial charge is 0.407 e. The van der Waals surface area contributed by atoms with Gasteiger partial charge in [-0.25, -0.2) is 10.6 Å². The number of unbranched alkanes of at least 4 members (excludes halogenated alkanes) is 3. The Labute approximate surface area is 249 Å². The molecule has 234 valence electrons. The minimum Gasteiger partial charge on any atom is -0.465 e. The summed E-state index contributed by atoms with van der Waals surface area (Å²) in [6.07, 6.45) is 9.69. The molecule has 10 N–H and O–H groups in total. The van der Waals surface area contributed by atoms with Crippen molar-refractivity contribution >= 4 is 23.9 Å². The number of nitrogens with zero attached hydrogens (tertiary/aromatic N) is 3. The van der Waals surface area contributed by atoms with E-state index >= 15 is 0 Å². The summed E-state index contributed by atoms with van der Waals surface area (Å²) in [6, 6.07) is 7.00. The van der Waals surface area contributed by atoms with Gasteiger partial charge in [0.1, 0.15) is 6.04 Å². The van der Waals surface area contributed by atoms with Crippen molar-refractivity contribution in [2.45, 2.75) is 84.5 Å². The van der Waals surface area contributed by atoms with Crippen molar-refractivity contribution in [3.05, 3.63) is 59.8 Å². The van der Waals surface area contributed by atoms with Gasteiger partial charge in [-0.3, -0.25) is 25.2 Å². The van der Waals surface area contributed by atoms with Gasteiger partial charge in [-0.1, -0.05) is 70.2 Å². The first-order valence-electron chi connectivity index (χ1n) is 13.9. The number of carbonyl (C=O) groups excluding carboxylic acids is 2. The van der Waals surface area contributed by atoms with E-state index in [4.69, 9.17) is 22.5 Å². The molecule has 0 saturated carbocycles. The summed E-state index contributed by atoms with van der Waals surface area (Å²) in [7, 11) is 0. The summed E-state index contributed by atoms with van der Waals surface area (Å²) in [5, 5.41) is 17.8. The van der Waals surface area contributed by atoms with Crippen LogP contribution in [0.5, 0.6) is 0 Å². The van der Waals surface area contributed by atoms with Gasteiger partial charge < -0.3 is 26.9 Å². The molecular formula is C29H49N9O4. The van der Waals surface area contributed by atoms with Gasteiger partial charge in [0.2, 0.25) is 17.8 Å². The van der Waals surface area contributed by atoms with Crippen molar-refractivity contribution in [3.63, 3.8) is 0 Å². The van der Waals surface area contributed by atoms with Crippen molar-refractivity contribution in [2.75, 3.05) is 13.1 Å². The van der Waals surface area contributed by atoms with E-state index in [2.05, 4.69) is 40.7 Å². The normalized spacial score (nSPS) is 16.5. The molecule has 2 aliphatic heterocycles. The van der Waals surface area contributed by atoms with Crippen LogP contribution in [0.4, 0.5) is 4.79 Å². The fourth-order valence-electron chi connectivity index (χ4n) is 4.74. The molecule has 0 aliphatic carbocycles. The van der Waals surface area contributed by atoms with E-state index in [9.17, 15) is 14.4 Å². The molecule has 0 aromatic heterocycles. The predicted octanol–water partition coefficient (Wildman–Crippen LogP) is 2.06. The number of amides is 3. The van der Waals surface area contributed by atoms with Crippen molar-refractivity contribution < 1.29 is 19.5 Å². The zero-order valence-corrected chi connectivity index (χ0v) is 23.8. The molecule has 1 fully saturated rings. The van der Waals surface area contributed by atoms with Gasteiger partial charge in [0, 0.05) is 25.3 Å². The summed E-state index contributed by atoms with van der Waals surface area (Å²) in [5.74, 6) is 9.95. The second-order valence-electron chi connectivity index (χ2n) is 9.89. The molecule has 0 radical (unpaired) electrons. The van der Waals surface area contributed by atoms with Crippen molar-refractivity contribution in [2.24, 2.45) is 22.5 Å². The highest BCUT2D eigenvalue weighted by molar-refractivity contribution is 5.99. The maximum absolute atomic E-state index is 12.7. The molecule has 1 saturated heterocycles. The van der Waals surface area contributed by atoms with E-state index in [1.807, 2.05) is 30.3 Å². The average Bonchev–Trinajstić information content (AvgIpc) is 3.65. The Morgan fingerprint density at radius 1 is 1.19 bits per heavy atom. The Hall–Kier alpha value is -4.10. The number of nitrogens with one attached hydrogen (secondary N) is 3. The molecule has 2 atom stereocenters. The van der Waals surface area contributed by atoms with Crippen LogP contribution in [0.15, 0.2) is 53.8 Å². The summed E-state index contributed by atoms with van der Waals surface area (Å²) < 4.78 is 0. The molecule has 13 nitrogen and oxygen atoms in total. The predicted molar refractivity (Wildman–Crippen MR) is 165 cm³/mol. The number of hydrazine groups is 1. The van der Waals surface area contributed by atoms with Crippen LogP contribution in [0.25, 0.3) is 0 Å². The average molecular weight is 588 g/mol. The monoisotopic (exact) mass is 587 g/mol. The number of benzene rings is 1. The number of nitrogens with two attached hydrogens (primary N) is 3. The minimum absolute atomic E-state index is 0. The van der Waals surface area contributed by atoms with Gasteiger partial charge >= 0.3 is 6.09 Å². The van der Waals surface area contributed by atoms with E-state index in [1.54, 1.807) is 4.90 Å². The van der Waals surface area contributed by atoms with Crippen molar-refractivity contribution in [1.29, 1.82) is 0 Å². The van der Waals surface area contributed by atoms with Crippen LogP contribution < -0.4 is 33.5 Å². The first-order valence-corrected chi connectivity index (χ1v) is 13.9. The van der Waals surface area contributed by atoms with Crippen LogP contribution in [-0.2, 0) is 22.7 Å². The molecule has 13 heteroatoms. The lowest BCUT2D eigenvalue weighted by Crippen LogP contribution is -2.53. The van der Waals surface area contributed by atoms with E-state index < -0.39 is 12.1 Å². The van der Waals surface area contributed by atoms with Crippen molar-refractivity contribution in [1.82, 2.24) is 25.9 Å². The third kappa shape index (κ3) is 11.1. The summed E-state index contributed by atoms with van der Waals surface area (Å²) >= 11 is 0. The SMILES string of the molecule is C.C=C(NC(C/C=C\CCCCC)C(=O)N/C(=N/N)NN)C1CCCN1C(=O)CN.O=C(O)N1Cc2ccccc2C1. The molecule has 0 spiro atoms. The molecule has 1 aromatic rings. The quantitative estimate of drug-likeness (QED) is 0.0504. The number of hydrazone groups is 1. The van der Waals surface area contributed by atoms with Crippen LogP contribution in [0.2, 0.25) is 0 Å². The lowest BCUT2D eigenvalue weighted by molar-refractivity contribution is -0.129. The number of carboxylic acid groups (broad SMARTS) is 1. The zero-order chi connectivity index (χ0) is 30.2. The lowest BCUT2D eigenvalue weighted by atomic mass is 10.1. The Bertz CT molecular complexity index is 1070. The maximum atomic E-state index is 12.7. The number of carbonyl (C=O) groups is 3. The molecule has 1 aromatic carbocycles. The molecule has 3 rings (SSSR count). The van der Waals surface area contributed by atoms with Crippen LogP contribution >= 0.6 is 0 Å². The third-order valence-corrected chi connectivity index (χ3v) is 6.96. The second kappa shape index (κ2) is 19.1. The number of rotatable bonds is 11. The molecule has 3 amide bonds.